The summed E-state index contributed by atoms with van der Waals surface area (Å²) in [5, 5.41) is 10.3. The van der Waals surface area contributed by atoms with Gasteiger partial charge in [0.05, 0.1) is 6.10 Å². The van der Waals surface area contributed by atoms with Gasteiger partial charge in [-0.15, -0.1) is 0 Å². The van der Waals surface area contributed by atoms with Gasteiger partial charge in [-0.3, -0.25) is 0 Å². The van der Waals surface area contributed by atoms with Crippen molar-refractivity contribution >= 4 is 0 Å². The molecule has 0 radical (unpaired) electrons. The minimum Gasteiger partial charge on any atom is -0.392 e. The van der Waals surface area contributed by atoms with Crippen LogP contribution in [0.25, 0.3) is 0 Å². The highest BCUT2D eigenvalue weighted by molar-refractivity contribution is 5.30. The summed E-state index contributed by atoms with van der Waals surface area (Å²) < 4.78 is 0. The van der Waals surface area contributed by atoms with E-state index in [1.807, 2.05) is 0 Å². The minimum absolute atomic E-state index is 0.0973. The maximum absolute atomic E-state index is 10.3. The van der Waals surface area contributed by atoms with Gasteiger partial charge in [0.15, 0.2) is 0 Å². The van der Waals surface area contributed by atoms with Crippen LogP contribution >= 0.6 is 0 Å². The topological polar surface area (TPSA) is 46.2 Å². The SMILES string of the molecule is Cc1ccc(CC2(CN)CCCCC2O)cc1C. The van der Waals surface area contributed by atoms with E-state index < -0.39 is 0 Å². The van der Waals surface area contributed by atoms with Crippen molar-refractivity contribution in [2.24, 2.45) is 11.1 Å². The van der Waals surface area contributed by atoms with E-state index in [1.54, 1.807) is 0 Å². The van der Waals surface area contributed by atoms with E-state index in [4.69, 9.17) is 5.73 Å². The molecule has 100 valence electrons. The van der Waals surface area contributed by atoms with Crippen molar-refractivity contribution in [3.05, 3.63) is 34.9 Å². The van der Waals surface area contributed by atoms with Gasteiger partial charge < -0.3 is 10.8 Å². The lowest BCUT2D eigenvalue weighted by Crippen LogP contribution is -2.45. The standard InChI is InChI=1S/C16H25NO/c1-12-6-7-14(9-13(12)2)10-16(11-17)8-4-3-5-15(16)18/h6-7,9,15,18H,3-5,8,10-11,17H2,1-2H3. The Bertz CT molecular complexity index is 416. The molecule has 0 bridgehead atoms. The molecule has 0 aliphatic heterocycles. The molecule has 1 aromatic carbocycles. The third kappa shape index (κ3) is 2.60. The predicted octanol–water partition coefficient (Wildman–Crippen LogP) is 2.73. The molecule has 0 spiro atoms. The first kappa shape index (κ1) is 13.6. The van der Waals surface area contributed by atoms with Gasteiger partial charge in [-0.25, -0.2) is 0 Å². The van der Waals surface area contributed by atoms with E-state index in [-0.39, 0.29) is 11.5 Å². The Morgan fingerprint density at radius 1 is 1.28 bits per heavy atom. The van der Waals surface area contributed by atoms with Gasteiger partial charge >= 0.3 is 0 Å². The van der Waals surface area contributed by atoms with E-state index in [0.29, 0.717) is 6.54 Å². The number of aliphatic hydroxyl groups excluding tert-OH is 1. The molecule has 3 N–H and O–H groups in total. The fraction of sp³-hybridized carbons (Fsp3) is 0.625. The van der Waals surface area contributed by atoms with Gasteiger partial charge in [-0.2, -0.15) is 0 Å². The molecule has 18 heavy (non-hydrogen) atoms. The van der Waals surface area contributed by atoms with Crippen LogP contribution in [-0.2, 0) is 6.42 Å². The van der Waals surface area contributed by atoms with E-state index in [9.17, 15) is 5.11 Å². The van der Waals surface area contributed by atoms with Crippen molar-refractivity contribution in [2.75, 3.05) is 6.54 Å². The van der Waals surface area contributed by atoms with Crippen LogP contribution in [0.2, 0.25) is 0 Å². The van der Waals surface area contributed by atoms with Gasteiger partial charge in [0.2, 0.25) is 0 Å². The van der Waals surface area contributed by atoms with Crippen molar-refractivity contribution in [1.29, 1.82) is 0 Å². The average Bonchev–Trinajstić information content (AvgIpc) is 2.37. The molecule has 1 saturated carbocycles. The molecule has 2 nitrogen and oxygen atoms in total. The molecule has 2 unspecified atom stereocenters. The Kier molecular flexibility index (Phi) is 4.08. The molecule has 1 fully saturated rings. The maximum Gasteiger partial charge on any atom is 0.0611 e. The fourth-order valence-corrected chi connectivity index (χ4v) is 3.12. The normalized spacial score (nSPS) is 28.3. The van der Waals surface area contributed by atoms with E-state index in [1.165, 1.54) is 23.1 Å². The molecule has 0 saturated heterocycles. The molecule has 2 rings (SSSR count). The van der Waals surface area contributed by atoms with Crippen molar-refractivity contribution in [2.45, 2.75) is 52.1 Å². The summed E-state index contributed by atoms with van der Waals surface area (Å²) in [6, 6.07) is 6.60. The zero-order valence-corrected chi connectivity index (χ0v) is 11.6. The first-order valence-corrected chi connectivity index (χ1v) is 7.02. The quantitative estimate of drug-likeness (QED) is 0.862. The Morgan fingerprint density at radius 2 is 2.06 bits per heavy atom. The minimum atomic E-state index is -0.238. The largest absolute Gasteiger partial charge is 0.392 e. The first-order chi connectivity index (χ1) is 8.57. The molecule has 2 heteroatoms. The molecule has 0 aromatic heterocycles. The summed E-state index contributed by atoms with van der Waals surface area (Å²) in [5.74, 6) is 0. The van der Waals surface area contributed by atoms with Crippen LogP contribution in [-0.4, -0.2) is 17.8 Å². The van der Waals surface area contributed by atoms with Gasteiger partial charge in [0.1, 0.15) is 0 Å². The molecule has 1 aromatic rings. The number of nitrogens with two attached hydrogens (primary N) is 1. The second kappa shape index (κ2) is 5.41. The van der Waals surface area contributed by atoms with Crippen molar-refractivity contribution < 1.29 is 5.11 Å². The maximum atomic E-state index is 10.3. The van der Waals surface area contributed by atoms with Crippen LogP contribution in [0.3, 0.4) is 0 Å². The van der Waals surface area contributed by atoms with E-state index in [2.05, 4.69) is 32.0 Å². The van der Waals surface area contributed by atoms with Crippen molar-refractivity contribution in [3.8, 4) is 0 Å². The lowest BCUT2D eigenvalue weighted by molar-refractivity contribution is -0.00585. The summed E-state index contributed by atoms with van der Waals surface area (Å²) in [7, 11) is 0. The van der Waals surface area contributed by atoms with Gasteiger partial charge in [-0.1, -0.05) is 31.0 Å². The summed E-state index contributed by atoms with van der Waals surface area (Å²) in [6.45, 7) is 4.86. The highest BCUT2D eigenvalue weighted by Crippen LogP contribution is 2.38. The first-order valence-electron chi connectivity index (χ1n) is 7.02. The number of benzene rings is 1. The molecular formula is C16H25NO. The van der Waals surface area contributed by atoms with Gasteiger partial charge in [-0.05, 0) is 49.8 Å². The number of aryl methyl sites for hydroxylation is 2. The molecule has 0 heterocycles. The number of aliphatic hydroxyl groups is 1. The highest BCUT2D eigenvalue weighted by atomic mass is 16.3. The molecule has 0 amide bonds. The summed E-state index contributed by atoms with van der Waals surface area (Å²) in [5.41, 5.74) is 9.84. The average molecular weight is 247 g/mol. The third-order valence-corrected chi connectivity index (χ3v) is 4.64. The zero-order valence-electron chi connectivity index (χ0n) is 11.6. The van der Waals surface area contributed by atoms with Crippen LogP contribution < -0.4 is 5.73 Å². The number of hydrogen-bond acceptors (Lipinski definition) is 2. The lowest BCUT2D eigenvalue weighted by atomic mass is 9.68. The van der Waals surface area contributed by atoms with E-state index >= 15 is 0 Å². The van der Waals surface area contributed by atoms with Crippen LogP contribution in [0.4, 0.5) is 0 Å². The van der Waals surface area contributed by atoms with E-state index in [0.717, 1.165) is 25.7 Å². The monoisotopic (exact) mass is 247 g/mol. The molecular weight excluding hydrogens is 222 g/mol. The third-order valence-electron chi connectivity index (χ3n) is 4.64. The highest BCUT2D eigenvalue weighted by Gasteiger charge is 2.38. The van der Waals surface area contributed by atoms with Crippen LogP contribution in [0, 0.1) is 19.3 Å². The second-order valence-electron chi connectivity index (χ2n) is 5.92. The van der Waals surface area contributed by atoms with Gasteiger partial charge in [0, 0.05) is 12.0 Å². The summed E-state index contributed by atoms with van der Waals surface area (Å²) >= 11 is 0. The van der Waals surface area contributed by atoms with Crippen LogP contribution in [0.1, 0.15) is 42.4 Å². The smallest absolute Gasteiger partial charge is 0.0611 e. The fourth-order valence-electron chi connectivity index (χ4n) is 3.12. The Hall–Kier alpha value is -0.860. The lowest BCUT2D eigenvalue weighted by Gasteiger charge is -2.41. The second-order valence-corrected chi connectivity index (χ2v) is 5.92. The van der Waals surface area contributed by atoms with Crippen LogP contribution in [0.5, 0.6) is 0 Å². The zero-order chi connectivity index (χ0) is 13.2. The van der Waals surface area contributed by atoms with Gasteiger partial charge in [0.25, 0.3) is 0 Å². The molecule has 1 aliphatic rings. The summed E-state index contributed by atoms with van der Waals surface area (Å²) in [6.07, 6.45) is 4.96. The van der Waals surface area contributed by atoms with Crippen LogP contribution in [0.15, 0.2) is 18.2 Å². The number of hydrogen-bond donors (Lipinski definition) is 2. The number of rotatable bonds is 3. The predicted molar refractivity (Wildman–Crippen MR) is 75.6 cm³/mol. The van der Waals surface area contributed by atoms with Crippen molar-refractivity contribution in [1.82, 2.24) is 0 Å². The molecule has 2 atom stereocenters. The van der Waals surface area contributed by atoms with Crippen molar-refractivity contribution in [3.63, 3.8) is 0 Å². The Balaban J connectivity index is 2.21. The Labute approximate surface area is 110 Å². The molecule has 1 aliphatic carbocycles. The Morgan fingerprint density at radius 3 is 2.67 bits per heavy atom. The summed E-state index contributed by atoms with van der Waals surface area (Å²) in [4.78, 5) is 0.